The fourth-order valence-corrected chi connectivity index (χ4v) is 2.62. The molecule has 5 nitrogen and oxygen atoms in total. The first-order valence-corrected chi connectivity index (χ1v) is 8.03. The van der Waals surface area contributed by atoms with Gasteiger partial charge in [-0.05, 0) is 31.5 Å². The Morgan fingerprint density at radius 1 is 1.17 bits per heavy atom. The molecule has 0 saturated heterocycles. The summed E-state index contributed by atoms with van der Waals surface area (Å²) in [5.41, 5.74) is 2.58. The zero-order chi connectivity index (χ0) is 16.9. The molecule has 2 heterocycles. The van der Waals surface area contributed by atoms with Gasteiger partial charge in [0.15, 0.2) is 0 Å². The van der Waals surface area contributed by atoms with E-state index in [0.29, 0.717) is 5.95 Å². The number of pyridine rings is 1. The maximum Gasteiger partial charge on any atom is 0.251 e. The number of hydrogen-bond donors (Lipinski definition) is 1. The molecule has 0 fully saturated rings. The van der Waals surface area contributed by atoms with E-state index in [1.54, 1.807) is 22.9 Å². The van der Waals surface area contributed by atoms with Gasteiger partial charge in [-0.2, -0.15) is 0 Å². The number of nitrogens with zero attached hydrogens (tertiary/aromatic N) is 3. The highest BCUT2D eigenvalue weighted by Crippen LogP contribution is 2.19. The molecule has 1 unspecified atom stereocenters. The van der Waals surface area contributed by atoms with Crippen molar-refractivity contribution in [3.05, 3.63) is 76.8 Å². The molecular weight excluding hydrogens is 300 g/mol. The number of benzene rings is 1. The summed E-state index contributed by atoms with van der Waals surface area (Å²) in [4.78, 5) is 21.1. The normalized spacial score (nSPS) is 11.9. The Bertz CT molecular complexity index is 874. The van der Waals surface area contributed by atoms with Crippen molar-refractivity contribution in [1.29, 1.82) is 0 Å². The van der Waals surface area contributed by atoms with Crippen LogP contribution in [0.4, 0.5) is 5.95 Å². The van der Waals surface area contributed by atoms with Gasteiger partial charge in [-0.3, -0.25) is 4.79 Å². The molecular formula is C19H20N4O. The molecule has 1 N–H and O–H groups in total. The molecule has 5 heteroatoms. The van der Waals surface area contributed by atoms with Crippen LogP contribution in [0, 0.1) is 0 Å². The average molecular weight is 320 g/mol. The Kier molecular flexibility index (Phi) is 4.70. The van der Waals surface area contributed by atoms with Gasteiger partial charge in [0.1, 0.15) is 0 Å². The smallest absolute Gasteiger partial charge is 0.251 e. The van der Waals surface area contributed by atoms with Gasteiger partial charge >= 0.3 is 0 Å². The van der Waals surface area contributed by atoms with Gasteiger partial charge in [0.25, 0.3) is 5.56 Å². The molecule has 0 bridgehead atoms. The molecule has 3 aromatic rings. The van der Waals surface area contributed by atoms with E-state index in [-0.39, 0.29) is 11.6 Å². The largest absolute Gasteiger partial charge is 0.354 e. The fourth-order valence-electron chi connectivity index (χ4n) is 2.62. The second-order valence-corrected chi connectivity index (χ2v) is 5.54. The molecule has 0 saturated carbocycles. The van der Waals surface area contributed by atoms with Crippen molar-refractivity contribution in [2.75, 3.05) is 11.9 Å². The highest BCUT2D eigenvalue weighted by atomic mass is 16.1. The lowest BCUT2D eigenvalue weighted by Gasteiger charge is -2.16. The Morgan fingerprint density at radius 2 is 1.96 bits per heavy atom. The topological polar surface area (TPSA) is 59.8 Å². The maximum absolute atomic E-state index is 12.5. The highest BCUT2D eigenvalue weighted by molar-refractivity contribution is 5.59. The number of aromatic nitrogens is 3. The molecule has 1 aromatic carbocycles. The summed E-state index contributed by atoms with van der Waals surface area (Å²) in [5.74, 6) is 0.567. The Hall–Kier alpha value is -2.95. The molecule has 3 rings (SSSR count). The quantitative estimate of drug-likeness (QED) is 0.783. The third-order valence-electron chi connectivity index (χ3n) is 3.93. The standard InChI is InChI=1S/C19H20N4O/c1-3-20-19-21-11-9-17(22-19)16-10-12-23(18(24)13-16)14(2)15-7-5-4-6-8-15/h4-14H,3H2,1-2H3,(H,20,21,22). The van der Waals surface area contributed by atoms with Crippen LogP contribution in [0.2, 0.25) is 0 Å². The zero-order valence-electron chi connectivity index (χ0n) is 13.8. The van der Waals surface area contributed by atoms with Crippen molar-refractivity contribution in [1.82, 2.24) is 14.5 Å². The Morgan fingerprint density at radius 3 is 2.67 bits per heavy atom. The van der Waals surface area contributed by atoms with E-state index in [0.717, 1.165) is 23.4 Å². The second-order valence-electron chi connectivity index (χ2n) is 5.54. The van der Waals surface area contributed by atoms with Crippen LogP contribution in [0.1, 0.15) is 25.5 Å². The first-order valence-electron chi connectivity index (χ1n) is 8.03. The van der Waals surface area contributed by atoms with Crippen molar-refractivity contribution in [2.45, 2.75) is 19.9 Å². The second kappa shape index (κ2) is 7.08. The van der Waals surface area contributed by atoms with Gasteiger partial charge in [-0.1, -0.05) is 30.3 Å². The van der Waals surface area contributed by atoms with Crippen LogP contribution in [0.5, 0.6) is 0 Å². The van der Waals surface area contributed by atoms with Gasteiger partial charge in [-0.15, -0.1) is 0 Å². The average Bonchev–Trinajstić information content (AvgIpc) is 2.62. The number of anilines is 1. The van der Waals surface area contributed by atoms with E-state index < -0.39 is 0 Å². The van der Waals surface area contributed by atoms with Crippen LogP contribution < -0.4 is 10.9 Å². The summed E-state index contributed by atoms with van der Waals surface area (Å²) in [6.07, 6.45) is 3.52. The Labute approximate surface area is 141 Å². The van der Waals surface area contributed by atoms with E-state index in [1.165, 1.54) is 0 Å². The van der Waals surface area contributed by atoms with Crippen molar-refractivity contribution in [2.24, 2.45) is 0 Å². The lowest BCUT2D eigenvalue weighted by molar-refractivity contribution is 0.615. The molecule has 0 radical (unpaired) electrons. The van der Waals surface area contributed by atoms with Crippen molar-refractivity contribution in [3.8, 4) is 11.3 Å². The predicted octanol–water partition coefficient (Wildman–Crippen LogP) is 3.35. The van der Waals surface area contributed by atoms with Crippen molar-refractivity contribution in [3.63, 3.8) is 0 Å². The maximum atomic E-state index is 12.5. The molecule has 2 aromatic heterocycles. The summed E-state index contributed by atoms with van der Waals surface area (Å²) >= 11 is 0. The molecule has 0 aliphatic carbocycles. The van der Waals surface area contributed by atoms with Gasteiger partial charge in [0.05, 0.1) is 11.7 Å². The van der Waals surface area contributed by atoms with Crippen molar-refractivity contribution >= 4 is 5.95 Å². The van der Waals surface area contributed by atoms with E-state index in [2.05, 4.69) is 15.3 Å². The van der Waals surface area contributed by atoms with Crippen LogP contribution in [0.25, 0.3) is 11.3 Å². The molecule has 0 spiro atoms. The number of nitrogens with one attached hydrogen (secondary N) is 1. The van der Waals surface area contributed by atoms with Crippen molar-refractivity contribution < 1.29 is 0 Å². The third-order valence-corrected chi connectivity index (χ3v) is 3.93. The molecule has 0 aliphatic heterocycles. The molecule has 24 heavy (non-hydrogen) atoms. The van der Waals surface area contributed by atoms with Crippen LogP contribution in [0.15, 0.2) is 65.7 Å². The minimum atomic E-state index is -0.0486. The van der Waals surface area contributed by atoms with Gasteiger partial charge in [0.2, 0.25) is 5.95 Å². The number of hydrogen-bond acceptors (Lipinski definition) is 4. The van der Waals surface area contributed by atoms with Crippen LogP contribution in [-0.4, -0.2) is 21.1 Å². The number of rotatable bonds is 5. The fraction of sp³-hybridized carbons (Fsp3) is 0.211. The van der Waals surface area contributed by atoms with Crippen LogP contribution in [-0.2, 0) is 0 Å². The zero-order valence-corrected chi connectivity index (χ0v) is 13.8. The molecule has 0 amide bonds. The van der Waals surface area contributed by atoms with Crippen LogP contribution in [0.3, 0.4) is 0 Å². The lowest BCUT2D eigenvalue weighted by atomic mass is 10.1. The monoisotopic (exact) mass is 320 g/mol. The highest BCUT2D eigenvalue weighted by Gasteiger charge is 2.10. The van der Waals surface area contributed by atoms with Gasteiger partial charge in [0, 0.05) is 30.6 Å². The van der Waals surface area contributed by atoms with Gasteiger partial charge in [-0.25, -0.2) is 9.97 Å². The third kappa shape index (κ3) is 3.35. The van der Waals surface area contributed by atoms with E-state index in [1.807, 2.05) is 56.4 Å². The molecule has 122 valence electrons. The first kappa shape index (κ1) is 15.9. The molecule has 1 atom stereocenters. The summed E-state index contributed by atoms with van der Waals surface area (Å²) in [6.45, 7) is 4.76. The van der Waals surface area contributed by atoms with E-state index in [4.69, 9.17) is 0 Å². The van der Waals surface area contributed by atoms with Gasteiger partial charge < -0.3 is 9.88 Å². The lowest BCUT2D eigenvalue weighted by Crippen LogP contribution is -2.22. The minimum absolute atomic E-state index is 0.0181. The van der Waals surface area contributed by atoms with E-state index >= 15 is 0 Å². The summed E-state index contributed by atoms with van der Waals surface area (Å²) in [5, 5.41) is 3.08. The summed E-state index contributed by atoms with van der Waals surface area (Å²) in [6, 6.07) is 15.3. The predicted molar refractivity (Wildman–Crippen MR) is 96.1 cm³/mol. The Balaban J connectivity index is 1.93. The summed E-state index contributed by atoms with van der Waals surface area (Å²) < 4.78 is 1.73. The summed E-state index contributed by atoms with van der Waals surface area (Å²) in [7, 11) is 0. The first-order chi connectivity index (χ1) is 11.7. The van der Waals surface area contributed by atoms with E-state index in [9.17, 15) is 4.79 Å². The SMILES string of the molecule is CCNc1nccc(-c2ccn(C(C)c3ccccc3)c(=O)c2)n1. The van der Waals surface area contributed by atoms with Crippen LogP contribution >= 0.6 is 0 Å². The minimum Gasteiger partial charge on any atom is -0.354 e. The molecule has 0 aliphatic rings.